The molecule has 156 valence electrons. The summed E-state index contributed by atoms with van der Waals surface area (Å²) in [6.45, 7) is 3.60. The number of aromatic amines is 1. The minimum absolute atomic E-state index is 0.0483. The number of thiazole rings is 1. The normalized spacial score (nSPS) is 10.5. The van der Waals surface area contributed by atoms with Gasteiger partial charge in [-0.25, -0.2) is 14.8 Å². The zero-order valence-electron chi connectivity index (χ0n) is 16.6. The number of anilines is 1. The maximum atomic E-state index is 12.6. The van der Waals surface area contributed by atoms with E-state index in [4.69, 9.17) is 9.47 Å². The first-order chi connectivity index (χ1) is 14.4. The smallest absolute Gasteiger partial charge is 0.350 e. The molecule has 0 aliphatic carbocycles. The van der Waals surface area contributed by atoms with E-state index >= 15 is 0 Å². The second-order valence-electron chi connectivity index (χ2n) is 6.21. The number of carbonyl (C=O) groups excluding carboxylic acids is 2. The highest BCUT2D eigenvalue weighted by molar-refractivity contribution is 7.17. The highest BCUT2D eigenvalue weighted by atomic mass is 32.1. The predicted molar refractivity (Wildman–Crippen MR) is 111 cm³/mol. The van der Waals surface area contributed by atoms with Gasteiger partial charge in [0.2, 0.25) is 0 Å². The van der Waals surface area contributed by atoms with E-state index in [0.29, 0.717) is 28.6 Å². The van der Waals surface area contributed by atoms with Crippen molar-refractivity contribution < 1.29 is 19.1 Å². The Labute approximate surface area is 176 Å². The van der Waals surface area contributed by atoms with Gasteiger partial charge in [-0.2, -0.15) is 0 Å². The summed E-state index contributed by atoms with van der Waals surface area (Å²) in [6.07, 6.45) is 0.337. The lowest BCUT2D eigenvalue weighted by atomic mass is 10.1. The van der Waals surface area contributed by atoms with Gasteiger partial charge in [-0.05, 0) is 31.5 Å². The zero-order valence-corrected chi connectivity index (χ0v) is 17.5. The minimum Gasteiger partial charge on any atom is -0.497 e. The first-order valence-electron chi connectivity index (χ1n) is 9.08. The molecular weight excluding hydrogens is 408 g/mol. The first kappa shape index (κ1) is 21.2. The molecule has 0 saturated heterocycles. The summed E-state index contributed by atoms with van der Waals surface area (Å²) in [6, 6.07) is 8.41. The fourth-order valence-corrected chi connectivity index (χ4v) is 3.50. The summed E-state index contributed by atoms with van der Waals surface area (Å²) in [5.41, 5.74) is 0.855. The Morgan fingerprint density at radius 3 is 2.60 bits per heavy atom. The molecule has 1 amide bonds. The van der Waals surface area contributed by atoms with E-state index in [1.54, 1.807) is 33.1 Å². The molecule has 0 saturated carbocycles. The third-order valence-corrected chi connectivity index (χ3v) is 5.08. The zero-order chi connectivity index (χ0) is 21.7. The van der Waals surface area contributed by atoms with Gasteiger partial charge < -0.3 is 14.5 Å². The Balaban J connectivity index is 1.77. The summed E-state index contributed by atoms with van der Waals surface area (Å²) in [4.78, 5) is 47.9. The highest BCUT2D eigenvalue weighted by Gasteiger charge is 2.19. The number of H-pyrrole nitrogens is 1. The molecule has 0 fully saturated rings. The van der Waals surface area contributed by atoms with Crippen LogP contribution in [0.15, 0.2) is 35.1 Å². The molecule has 9 nitrogen and oxygen atoms in total. The SMILES string of the molecule is CCOC(=O)c1sc(NC(=O)c2cc(=O)[nH]c(Cc3ccc(OC)cc3)n2)nc1C. The molecule has 10 heteroatoms. The van der Waals surface area contributed by atoms with Crippen LogP contribution < -0.4 is 15.6 Å². The number of amides is 1. The molecule has 0 spiro atoms. The van der Waals surface area contributed by atoms with Gasteiger partial charge in [0.25, 0.3) is 11.5 Å². The summed E-state index contributed by atoms with van der Waals surface area (Å²) in [7, 11) is 1.58. The first-order valence-corrected chi connectivity index (χ1v) is 9.90. The van der Waals surface area contributed by atoms with E-state index < -0.39 is 17.4 Å². The van der Waals surface area contributed by atoms with Crippen molar-refractivity contribution in [3.05, 3.63) is 68.3 Å². The number of rotatable bonds is 7. The van der Waals surface area contributed by atoms with Crippen molar-refractivity contribution in [2.24, 2.45) is 0 Å². The van der Waals surface area contributed by atoms with E-state index in [9.17, 15) is 14.4 Å². The van der Waals surface area contributed by atoms with Gasteiger partial charge >= 0.3 is 5.97 Å². The average Bonchev–Trinajstić information content (AvgIpc) is 3.08. The molecule has 3 rings (SSSR count). The number of nitrogens with zero attached hydrogens (tertiary/aromatic N) is 2. The van der Waals surface area contributed by atoms with Crippen molar-refractivity contribution in [1.82, 2.24) is 15.0 Å². The molecule has 0 unspecified atom stereocenters. The van der Waals surface area contributed by atoms with Crippen molar-refractivity contribution in [3.63, 3.8) is 0 Å². The van der Waals surface area contributed by atoms with Crippen molar-refractivity contribution in [1.29, 1.82) is 0 Å². The molecule has 0 atom stereocenters. The third kappa shape index (κ3) is 5.09. The lowest BCUT2D eigenvalue weighted by Gasteiger charge is -2.05. The number of methoxy groups -OCH3 is 1. The molecule has 2 N–H and O–H groups in total. The maximum Gasteiger partial charge on any atom is 0.350 e. The number of ether oxygens (including phenoxy) is 2. The van der Waals surface area contributed by atoms with Gasteiger partial charge in [-0.1, -0.05) is 23.5 Å². The van der Waals surface area contributed by atoms with Gasteiger partial charge in [-0.15, -0.1) is 0 Å². The van der Waals surface area contributed by atoms with Crippen LogP contribution in [0.4, 0.5) is 5.13 Å². The van der Waals surface area contributed by atoms with Crippen LogP contribution in [0.3, 0.4) is 0 Å². The molecule has 30 heavy (non-hydrogen) atoms. The lowest BCUT2D eigenvalue weighted by Crippen LogP contribution is -2.20. The fourth-order valence-electron chi connectivity index (χ4n) is 2.64. The summed E-state index contributed by atoms with van der Waals surface area (Å²) in [5.74, 6) is -0.0279. The average molecular weight is 428 g/mol. The molecule has 0 aliphatic heterocycles. The topological polar surface area (TPSA) is 123 Å². The lowest BCUT2D eigenvalue weighted by molar-refractivity contribution is 0.0531. The molecule has 1 aromatic carbocycles. The van der Waals surface area contributed by atoms with Gasteiger partial charge in [0.15, 0.2) is 5.13 Å². The molecule has 2 heterocycles. The van der Waals surface area contributed by atoms with Crippen LogP contribution in [0.5, 0.6) is 5.75 Å². The molecule has 0 bridgehead atoms. The molecule has 2 aromatic heterocycles. The fraction of sp³-hybridized carbons (Fsp3) is 0.250. The number of aryl methyl sites for hydroxylation is 1. The number of hydrogen-bond donors (Lipinski definition) is 2. The second-order valence-corrected chi connectivity index (χ2v) is 7.21. The third-order valence-electron chi connectivity index (χ3n) is 4.03. The van der Waals surface area contributed by atoms with E-state index in [1.165, 1.54) is 0 Å². The quantitative estimate of drug-likeness (QED) is 0.554. The van der Waals surface area contributed by atoms with Crippen LogP contribution in [0.25, 0.3) is 0 Å². The number of esters is 1. The number of carbonyl (C=O) groups is 2. The molecule has 0 radical (unpaired) electrons. The standard InChI is InChI=1S/C20H20N4O5S/c1-4-29-19(27)17-11(2)21-20(30-17)24-18(26)14-10-16(25)23-15(22-14)9-12-5-7-13(28-3)8-6-12/h5-8,10H,4,9H2,1-3H3,(H,21,24,26)(H,22,23,25). The van der Waals surface area contributed by atoms with Gasteiger partial charge in [0.05, 0.1) is 19.4 Å². The van der Waals surface area contributed by atoms with Crippen molar-refractivity contribution in [2.45, 2.75) is 20.3 Å². The van der Waals surface area contributed by atoms with E-state index in [-0.39, 0.29) is 17.4 Å². The Kier molecular flexibility index (Phi) is 6.58. The van der Waals surface area contributed by atoms with Crippen LogP contribution in [0, 0.1) is 6.92 Å². The molecular formula is C20H20N4O5S. The van der Waals surface area contributed by atoms with E-state index in [1.807, 2.05) is 12.1 Å². The predicted octanol–water partition coefficient (Wildman–Crippen LogP) is 2.56. The molecule has 3 aromatic rings. The van der Waals surface area contributed by atoms with Crippen LogP contribution in [-0.2, 0) is 11.2 Å². The van der Waals surface area contributed by atoms with Crippen LogP contribution in [0.1, 0.15) is 44.2 Å². The number of benzene rings is 1. The summed E-state index contributed by atoms with van der Waals surface area (Å²) < 4.78 is 10.1. The maximum absolute atomic E-state index is 12.6. The number of nitrogens with one attached hydrogen (secondary N) is 2. The Hall–Kier alpha value is -3.53. The Morgan fingerprint density at radius 1 is 1.20 bits per heavy atom. The summed E-state index contributed by atoms with van der Waals surface area (Å²) >= 11 is 1.00. The Morgan fingerprint density at radius 2 is 1.93 bits per heavy atom. The largest absolute Gasteiger partial charge is 0.497 e. The monoisotopic (exact) mass is 428 g/mol. The van der Waals surface area contributed by atoms with Crippen molar-refractivity contribution >= 4 is 28.3 Å². The van der Waals surface area contributed by atoms with Crippen molar-refractivity contribution in [2.75, 3.05) is 19.0 Å². The van der Waals surface area contributed by atoms with Gasteiger partial charge in [0, 0.05) is 12.5 Å². The highest BCUT2D eigenvalue weighted by Crippen LogP contribution is 2.23. The van der Waals surface area contributed by atoms with E-state index in [0.717, 1.165) is 23.0 Å². The number of aromatic nitrogens is 3. The van der Waals surface area contributed by atoms with Gasteiger partial charge in [0.1, 0.15) is 22.1 Å². The van der Waals surface area contributed by atoms with E-state index in [2.05, 4.69) is 20.3 Å². The minimum atomic E-state index is -0.596. The second kappa shape index (κ2) is 9.31. The number of hydrogen-bond acceptors (Lipinski definition) is 8. The van der Waals surface area contributed by atoms with Crippen LogP contribution in [0.2, 0.25) is 0 Å². The van der Waals surface area contributed by atoms with Crippen LogP contribution in [-0.4, -0.2) is 40.5 Å². The van der Waals surface area contributed by atoms with Crippen molar-refractivity contribution in [3.8, 4) is 5.75 Å². The molecule has 0 aliphatic rings. The summed E-state index contributed by atoms with van der Waals surface area (Å²) in [5, 5.41) is 2.80. The van der Waals surface area contributed by atoms with Gasteiger partial charge in [-0.3, -0.25) is 14.9 Å². The van der Waals surface area contributed by atoms with Crippen LogP contribution >= 0.6 is 11.3 Å². The Bertz CT molecular complexity index is 1120.